The molecule has 0 aromatic carbocycles. The molecule has 1 unspecified atom stereocenters. The molecule has 92 valence electrons. The Labute approximate surface area is 106 Å². The van der Waals surface area contributed by atoms with Crippen molar-refractivity contribution in [2.75, 3.05) is 0 Å². The molecule has 0 spiro atoms. The third kappa shape index (κ3) is 6.60. The van der Waals surface area contributed by atoms with Gasteiger partial charge in [-0.25, -0.2) is 9.59 Å². The molecule has 0 amide bonds. The van der Waals surface area contributed by atoms with Crippen molar-refractivity contribution in [2.24, 2.45) is 0 Å². The predicted octanol–water partition coefficient (Wildman–Crippen LogP) is 3.06. The lowest BCUT2D eigenvalue weighted by atomic mass is 10.7. The molecular weight excluding hydrogens is 286 g/mol. The summed E-state index contributed by atoms with van der Waals surface area (Å²) in [6, 6.07) is 0. The third-order valence-corrected chi connectivity index (χ3v) is 1.51. The molecular formula is C7H7Cl3O6. The maximum atomic E-state index is 10.9. The van der Waals surface area contributed by atoms with E-state index in [1.54, 1.807) is 6.92 Å². The second kappa shape index (κ2) is 6.67. The molecule has 0 rings (SSSR count). The zero-order chi connectivity index (χ0) is 12.8. The van der Waals surface area contributed by atoms with Crippen LogP contribution in [0.3, 0.4) is 0 Å². The van der Waals surface area contributed by atoms with Crippen molar-refractivity contribution >= 4 is 47.1 Å². The van der Waals surface area contributed by atoms with E-state index in [2.05, 4.69) is 14.2 Å². The molecule has 6 nitrogen and oxygen atoms in total. The van der Waals surface area contributed by atoms with Crippen LogP contribution in [0.5, 0.6) is 0 Å². The number of alkyl halides is 3. The molecule has 0 bridgehead atoms. The number of rotatable bonds is 3. The van der Waals surface area contributed by atoms with Gasteiger partial charge in [0.25, 0.3) is 3.79 Å². The number of carbonyl (C=O) groups excluding carboxylic acids is 1. The minimum absolute atomic E-state index is 0.999. The van der Waals surface area contributed by atoms with E-state index in [1.165, 1.54) is 6.08 Å². The summed E-state index contributed by atoms with van der Waals surface area (Å²) in [5, 5.41) is 8.29. The second-order valence-electron chi connectivity index (χ2n) is 2.21. The molecule has 0 aromatic rings. The quantitative estimate of drug-likeness (QED) is 0.373. The van der Waals surface area contributed by atoms with Gasteiger partial charge in [0.05, 0.1) is 6.26 Å². The molecule has 9 heteroatoms. The standard InChI is InChI=1S/C7H7Cl3O6/c1-2-3-14-6(13)16-4(7(8,9)10)15-5(11)12/h2-4H,1H3,(H,11,12). The molecule has 0 radical (unpaired) electrons. The van der Waals surface area contributed by atoms with Gasteiger partial charge in [0, 0.05) is 0 Å². The van der Waals surface area contributed by atoms with Crippen LogP contribution in [0, 0.1) is 0 Å². The molecule has 1 atom stereocenters. The highest BCUT2D eigenvalue weighted by Gasteiger charge is 2.40. The molecule has 0 aromatic heterocycles. The van der Waals surface area contributed by atoms with Crippen molar-refractivity contribution < 1.29 is 28.9 Å². The van der Waals surface area contributed by atoms with E-state index in [9.17, 15) is 9.59 Å². The third-order valence-electron chi connectivity index (χ3n) is 0.979. The smallest absolute Gasteiger partial charge is 0.450 e. The minimum Gasteiger partial charge on any atom is -0.450 e. The van der Waals surface area contributed by atoms with E-state index in [0.717, 1.165) is 6.26 Å². The summed E-state index contributed by atoms with van der Waals surface area (Å²) >= 11 is 15.9. The van der Waals surface area contributed by atoms with Crippen LogP contribution in [0.25, 0.3) is 0 Å². The van der Waals surface area contributed by atoms with Gasteiger partial charge >= 0.3 is 18.6 Å². The average molecular weight is 293 g/mol. The number of carboxylic acid groups (broad SMARTS) is 1. The molecule has 0 saturated carbocycles. The lowest BCUT2D eigenvalue weighted by molar-refractivity contribution is -0.0890. The zero-order valence-corrected chi connectivity index (χ0v) is 10.1. The molecule has 0 saturated heterocycles. The number of ether oxygens (including phenoxy) is 3. The van der Waals surface area contributed by atoms with Crippen LogP contribution in [-0.4, -0.2) is 27.5 Å². The summed E-state index contributed by atoms with van der Waals surface area (Å²) in [6.07, 6.45) is -2.57. The number of hydrogen-bond donors (Lipinski definition) is 1. The lowest BCUT2D eigenvalue weighted by Gasteiger charge is -2.21. The van der Waals surface area contributed by atoms with Crippen molar-refractivity contribution in [3.8, 4) is 0 Å². The Bertz CT molecular complexity index is 284. The van der Waals surface area contributed by atoms with E-state index in [1.807, 2.05) is 0 Å². The summed E-state index contributed by atoms with van der Waals surface area (Å²) in [5.74, 6) is 0. The molecule has 0 aliphatic carbocycles. The van der Waals surface area contributed by atoms with Gasteiger partial charge in [-0.3, -0.25) is 0 Å². The molecule has 0 fully saturated rings. The van der Waals surface area contributed by atoms with Crippen LogP contribution in [0.15, 0.2) is 12.3 Å². The van der Waals surface area contributed by atoms with Crippen LogP contribution in [0.4, 0.5) is 9.59 Å². The lowest BCUT2D eigenvalue weighted by Crippen LogP contribution is -2.35. The van der Waals surface area contributed by atoms with E-state index in [-0.39, 0.29) is 0 Å². The van der Waals surface area contributed by atoms with Gasteiger partial charge in [-0.1, -0.05) is 40.9 Å². The van der Waals surface area contributed by atoms with Crippen LogP contribution in [0.2, 0.25) is 0 Å². The van der Waals surface area contributed by atoms with Gasteiger partial charge in [-0.15, -0.1) is 0 Å². The molecule has 0 aliphatic heterocycles. The van der Waals surface area contributed by atoms with E-state index in [0.29, 0.717) is 0 Å². The van der Waals surface area contributed by atoms with Crippen LogP contribution < -0.4 is 0 Å². The largest absolute Gasteiger partial charge is 0.516 e. The molecule has 16 heavy (non-hydrogen) atoms. The Morgan fingerprint density at radius 2 is 1.88 bits per heavy atom. The zero-order valence-electron chi connectivity index (χ0n) is 7.85. The average Bonchev–Trinajstić information content (AvgIpc) is 2.11. The molecule has 0 aliphatic rings. The molecule has 0 heterocycles. The monoisotopic (exact) mass is 292 g/mol. The Kier molecular flexibility index (Phi) is 6.32. The normalized spacial score (nSPS) is 13.2. The second-order valence-corrected chi connectivity index (χ2v) is 4.58. The Morgan fingerprint density at radius 1 is 1.31 bits per heavy atom. The Morgan fingerprint density at radius 3 is 2.25 bits per heavy atom. The minimum atomic E-state index is -2.26. The van der Waals surface area contributed by atoms with Gasteiger partial charge in [0.15, 0.2) is 0 Å². The van der Waals surface area contributed by atoms with Gasteiger partial charge in [0.2, 0.25) is 0 Å². The highest BCUT2D eigenvalue weighted by atomic mass is 35.6. The van der Waals surface area contributed by atoms with Crippen molar-refractivity contribution in [1.29, 1.82) is 0 Å². The van der Waals surface area contributed by atoms with E-state index >= 15 is 0 Å². The Hall–Kier alpha value is -0.850. The fourth-order valence-electron chi connectivity index (χ4n) is 0.488. The predicted molar refractivity (Wildman–Crippen MR) is 55.6 cm³/mol. The van der Waals surface area contributed by atoms with Gasteiger partial charge < -0.3 is 19.3 Å². The highest BCUT2D eigenvalue weighted by Crippen LogP contribution is 2.33. The first-order chi connectivity index (χ1) is 7.27. The van der Waals surface area contributed by atoms with Crippen molar-refractivity contribution in [1.82, 2.24) is 0 Å². The number of hydrogen-bond acceptors (Lipinski definition) is 5. The Balaban J connectivity index is 4.43. The van der Waals surface area contributed by atoms with E-state index < -0.39 is 22.4 Å². The van der Waals surface area contributed by atoms with Gasteiger partial charge in [-0.2, -0.15) is 0 Å². The molecule has 1 N–H and O–H groups in total. The number of allylic oxidation sites excluding steroid dienone is 1. The maximum Gasteiger partial charge on any atom is 0.516 e. The van der Waals surface area contributed by atoms with Crippen LogP contribution in [-0.2, 0) is 14.2 Å². The first kappa shape index (κ1) is 15.2. The van der Waals surface area contributed by atoms with Gasteiger partial charge in [0.1, 0.15) is 0 Å². The first-order valence-corrected chi connectivity index (χ1v) is 4.85. The van der Waals surface area contributed by atoms with Crippen molar-refractivity contribution in [3.63, 3.8) is 0 Å². The van der Waals surface area contributed by atoms with Crippen molar-refractivity contribution in [2.45, 2.75) is 17.0 Å². The number of halogens is 3. The topological polar surface area (TPSA) is 82.1 Å². The summed E-state index contributed by atoms with van der Waals surface area (Å²) in [4.78, 5) is 21.1. The van der Waals surface area contributed by atoms with Crippen LogP contribution >= 0.6 is 34.8 Å². The van der Waals surface area contributed by atoms with E-state index in [4.69, 9.17) is 39.9 Å². The first-order valence-electron chi connectivity index (χ1n) is 3.72. The number of carbonyl (C=O) groups is 2. The fraction of sp³-hybridized carbons (Fsp3) is 0.429. The SMILES string of the molecule is CC=COC(=O)OC(OC(=O)O)C(Cl)(Cl)Cl. The van der Waals surface area contributed by atoms with Crippen LogP contribution in [0.1, 0.15) is 6.92 Å². The summed E-state index contributed by atoms with van der Waals surface area (Å²) in [6.45, 7) is 1.58. The summed E-state index contributed by atoms with van der Waals surface area (Å²) < 4.78 is 10.4. The fourth-order valence-corrected chi connectivity index (χ4v) is 0.755. The van der Waals surface area contributed by atoms with Gasteiger partial charge in [-0.05, 0) is 6.92 Å². The summed E-state index contributed by atoms with van der Waals surface area (Å²) in [7, 11) is 0. The van der Waals surface area contributed by atoms with Crippen molar-refractivity contribution in [3.05, 3.63) is 12.3 Å². The summed E-state index contributed by atoms with van der Waals surface area (Å²) in [5.41, 5.74) is 0. The highest BCUT2D eigenvalue weighted by molar-refractivity contribution is 6.68. The maximum absolute atomic E-state index is 10.9.